The van der Waals surface area contributed by atoms with Gasteiger partial charge in [0.15, 0.2) is 0 Å². The van der Waals surface area contributed by atoms with E-state index in [1.165, 1.54) is 18.9 Å². The number of benzene rings is 3. The average molecular weight is 1030 g/mol. The number of likely N-dealkylation sites (N-methyl/N-ethyl adjacent to an activating group) is 1. The van der Waals surface area contributed by atoms with E-state index in [1.54, 1.807) is 29.2 Å². The Morgan fingerprint density at radius 1 is 0.707 bits per heavy atom. The van der Waals surface area contributed by atoms with Crippen molar-refractivity contribution in [2.24, 2.45) is 11.8 Å². The second-order valence-corrected chi connectivity index (χ2v) is 22.4. The van der Waals surface area contributed by atoms with Crippen LogP contribution in [-0.4, -0.2) is 191 Å². The quantitative estimate of drug-likeness (QED) is 0.166. The van der Waals surface area contributed by atoms with Crippen LogP contribution in [0.3, 0.4) is 0 Å². The highest BCUT2D eigenvalue weighted by atomic mass is 19.1. The highest BCUT2D eigenvalue weighted by Gasteiger charge is 2.37. The number of rotatable bonds is 15. The van der Waals surface area contributed by atoms with Gasteiger partial charge in [0.25, 0.3) is 17.4 Å². The summed E-state index contributed by atoms with van der Waals surface area (Å²) in [6, 6.07) is 19.5. The van der Waals surface area contributed by atoms with Gasteiger partial charge in [0.1, 0.15) is 11.9 Å². The Hall–Kier alpha value is -6.04. The van der Waals surface area contributed by atoms with Crippen LogP contribution in [0.4, 0.5) is 4.39 Å². The zero-order chi connectivity index (χ0) is 52.0. The van der Waals surface area contributed by atoms with E-state index in [4.69, 9.17) is 0 Å². The van der Waals surface area contributed by atoms with Crippen LogP contribution in [0.15, 0.2) is 71.5 Å². The van der Waals surface area contributed by atoms with E-state index in [9.17, 15) is 28.8 Å². The van der Waals surface area contributed by atoms with E-state index >= 15 is 4.39 Å². The SMILES string of the molecule is CN(CC(=O)N1CCCC(c2cccc(C(=O)N[C@@H](C(=O)N3CCN(CC4CCN(CC(=O)N5CCN(C(=O)c6cc(Cc7n[nH]c(=O)c8ccccc78)ccc6F)CC5)CC4)CC3)C3CCCCC3)c2)C1)C1CC1. The molecule has 0 bridgehead atoms. The summed E-state index contributed by atoms with van der Waals surface area (Å²) in [5.41, 5.74) is 2.66. The number of nitrogens with one attached hydrogen (secondary N) is 2. The molecule has 10 rings (SSSR count). The van der Waals surface area contributed by atoms with E-state index in [2.05, 4.69) is 36.3 Å². The zero-order valence-corrected chi connectivity index (χ0v) is 43.7. The third kappa shape index (κ3) is 12.8. The zero-order valence-electron chi connectivity index (χ0n) is 43.7. The number of aromatic amines is 1. The Morgan fingerprint density at radius 2 is 1.43 bits per heavy atom. The van der Waals surface area contributed by atoms with Gasteiger partial charge in [-0.25, -0.2) is 9.49 Å². The predicted octanol–water partition coefficient (Wildman–Crippen LogP) is 4.97. The summed E-state index contributed by atoms with van der Waals surface area (Å²) in [5.74, 6) is -0.200. The van der Waals surface area contributed by atoms with Crippen molar-refractivity contribution >= 4 is 40.3 Å². The second-order valence-electron chi connectivity index (χ2n) is 22.4. The molecule has 0 spiro atoms. The van der Waals surface area contributed by atoms with Crippen LogP contribution in [0.2, 0.25) is 0 Å². The standard InChI is InChI=1S/C58H75FN10O6/c1-63(46-17-18-46)38-52(70)69-22-8-13-45(37-69)43-11-7-12-44(35-43)55(72)60-54(42-9-3-2-4-10-42)58(75)68-27-25-65(26-28-68)36-40-20-23-64(24-21-40)39-53(71)66-29-31-67(32-30-66)57(74)49-33-41(16-19-50(49)59)34-51-47-14-5-6-15-48(47)56(73)62-61-51/h5-7,11-12,14-16,19,33,35,40,42,45-46,54H,2-4,8-10,13,17-18,20-32,34,36-39H2,1H3,(H,60,72)(H,62,73)/t45?,54-/m1/s1. The minimum absolute atomic E-state index is 0.0212. The average Bonchev–Trinajstić information content (AvgIpc) is 4.31. The van der Waals surface area contributed by atoms with Crippen LogP contribution in [0, 0.1) is 17.7 Å². The number of H-pyrrole nitrogens is 1. The molecule has 2 saturated carbocycles. The van der Waals surface area contributed by atoms with Gasteiger partial charge in [-0.05, 0) is 125 Å². The van der Waals surface area contributed by atoms with Crippen LogP contribution in [0.1, 0.15) is 114 Å². The maximum atomic E-state index is 15.1. The maximum Gasteiger partial charge on any atom is 0.272 e. The normalized spacial score (nSPS) is 21.1. The maximum absolute atomic E-state index is 15.1. The molecule has 6 aliphatic rings. The van der Waals surface area contributed by atoms with Crippen molar-refractivity contribution in [3.63, 3.8) is 0 Å². The van der Waals surface area contributed by atoms with Gasteiger partial charge in [-0.1, -0.05) is 55.7 Å². The van der Waals surface area contributed by atoms with Crippen LogP contribution in [0.25, 0.3) is 10.8 Å². The minimum Gasteiger partial charge on any atom is -0.341 e. The van der Waals surface area contributed by atoms with E-state index in [-0.39, 0.29) is 46.6 Å². The fourth-order valence-corrected chi connectivity index (χ4v) is 12.4. The molecule has 2 aliphatic carbocycles. The number of piperazine rings is 2. The molecule has 16 nitrogen and oxygen atoms in total. The molecule has 17 heteroatoms. The van der Waals surface area contributed by atoms with Crippen molar-refractivity contribution in [1.82, 2.24) is 49.8 Å². The number of nitrogens with zero attached hydrogens (tertiary/aromatic N) is 8. The van der Waals surface area contributed by atoms with Crippen molar-refractivity contribution in [1.29, 1.82) is 0 Å². The smallest absolute Gasteiger partial charge is 0.272 e. The predicted molar refractivity (Wildman–Crippen MR) is 285 cm³/mol. The van der Waals surface area contributed by atoms with Crippen molar-refractivity contribution in [2.75, 3.05) is 105 Å². The molecule has 1 aromatic heterocycles. The molecule has 6 fully saturated rings. The van der Waals surface area contributed by atoms with Gasteiger partial charge in [0, 0.05) is 101 Å². The Labute approximate surface area is 439 Å². The Morgan fingerprint density at radius 3 is 2.17 bits per heavy atom. The summed E-state index contributed by atoms with van der Waals surface area (Å²) in [7, 11) is 2.04. The van der Waals surface area contributed by atoms with Gasteiger partial charge in [-0.2, -0.15) is 5.10 Å². The number of piperidine rings is 2. The van der Waals surface area contributed by atoms with E-state index < -0.39 is 17.8 Å². The molecule has 0 radical (unpaired) electrons. The van der Waals surface area contributed by atoms with Crippen molar-refractivity contribution < 1.29 is 28.4 Å². The molecule has 4 aliphatic heterocycles. The van der Waals surface area contributed by atoms with Gasteiger partial charge < -0.3 is 24.9 Å². The molecule has 1 unspecified atom stereocenters. The van der Waals surface area contributed by atoms with E-state index in [0.29, 0.717) is 105 Å². The molecule has 2 N–H and O–H groups in total. The Kier molecular flexibility index (Phi) is 16.7. The van der Waals surface area contributed by atoms with E-state index in [0.717, 1.165) is 103 Å². The molecule has 3 aromatic carbocycles. The number of halogens is 1. The molecular formula is C58H75FN10O6. The van der Waals surface area contributed by atoms with Crippen LogP contribution < -0.4 is 10.9 Å². The highest BCUT2D eigenvalue weighted by molar-refractivity contribution is 5.98. The summed E-state index contributed by atoms with van der Waals surface area (Å²) in [6.07, 6.45) is 11.7. The number of hydrogen-bond donors (Lipinski definition) is 2. The third-order valence-corrected chi connectivity index (χ3v) is 17.2. The lowest BCUT2D eigenvalue weighted by Crippen LogP contribution is -2.57. The minimum atomic E-state index is -0.605. The summed E-state index contributed by atoms with van der Waals surface area (Å²) < 4.78 is 15.1. The summed E-state index contributed by atoms with van der Waals surface area (Å²) in [5, 5.41) is 11.3. The summed E-state index contributed by atoms with van der Waals surface area (Å²) in [4.78, 5) is 95.4. The first-order valence-electron chi connectivity index (χ1n) is 27.9. The fraction of sp³-hybridized carbons (Fsp3) is 0.569. The molecule has 400 valence electrons. The van der Waals surface area contributed by atoms with Crippen LogP contribution >= 0.6 is 0 Å². The first kappa shape index (κ1) is 52.4. The number of likely N-dealkylation sites (tertiary alicyclic amines) is 2. The van der Waals surface area contributed by atoms with E-state index in [1.807, 2.05) is 52.1 Å². The van der Waals surface area contributed by atoms with Gasteiger partial charge >= 0.3 is 0 Å². The number of fused-ring (bicyclic) bond motifs is 1. The second kappa shape index (κ2) is 23.9. The topological polar surface area (TPSA) is 166 Å². The lowest BCUT2D eigenvalue weighted by Gasteiger charge is -2.41. The van der Waals surface area contributed by atoms with Crippen molar-refractivity contribution in [3.05, 3.63) is 111 Å². The first-order chi connectivity index (χ1) is 36.4. The van der Waals surface area contributed by atoms with Crippen LogP contribution in [0.5, 0.6) is 0 Å². The number of carbonyl (C=O) groups is 5. The monoisotopic (exact) mass is 1030 g/mol. The lowest BCUT2D eigenvalue weighted by atomic mass is 9.83. The van der Waals surface area contributed by atoms with Gasteiger partial charge in [0.2, 0.25) is 17.7 Å². The molecule has 2 atom stereocenters. The van der Waals surface area contributed by atoms with Crippen LogP contribution in [-0.2, 0) is 20.8 Å². The number of aromatic nitrogens is 2. The van der Waals surface area contributed by atoms with Gasteiger partial charge in [0.05, 0.1) is 29.7 Å². The third-order valence-electron chi connectivity index (χ3n) is 17.2. The molecule has 5 heterocycles. The fourth-order valence-electron chi connectivity index (χ4n) is 12.4. The molecule has 75 heavy (non-hydrogen) atoms. The summed E-state index contributed by atoms with van der Waals surface area (Å²) >= 11 is 0. The molecule has 4 saturated heterocycles. The number of amides is 5. The largest absolute Gasteiger partial charge is 0.341 e. The van der Waals surface area contributed by atoms with Gasteiger partial charge in [-0.15, -0.1) is 0 Å². The first-order valence-corrected chi connectivity index (χ1v) is 27.9. The lowest BCUT2D eigenvalue weighted by molar-refractivity contribution is -0.137. The number of carbonyl (C=O) groups excluding carboxylic acids is 5. The Balaban J connectivity index is 0.655. The number of hydrogen-bond acceptors (Lipinski definition) is 10. The summed E-state index contributed by atoms with van der Waals surface area (Å²) in [6.45, 7) is 9.05. The van der Waals surface area contributed by atoms with Gasteiger partial charge in [-0.3, -0.25) is 43.5 Å². The molecule has 4 aromatic rings. The molecule has 5 amide bonds. The molecular weight excluding hydrogens is 952 g/mol. The highest BCUT2D eigenvalue weighted by Crippen LogP contribution is 2.31. The van der Waals surface area contributed by atoms with Crippen molar-refractivity contribution in [2.45, 2.75) is 95.1 Å². The van der Waals surface area contributed by atoms with Crippen molar-refractivity contribution in [3.8, 4) is 0 Å². The Bertz CT molecular complexity index is 2760.